The minimum Gasteiger partial charge on any atom is -0.491 e. The van der Waals surface area contributed by atoms with Crippen LogP contribution in [0.15, 0.2) is 17.0 Å². The Hall–Kier alpha value is -0.940. The summed E-state index contributed by atoms with van der Waals surface area (Å²) in [6, 6.07) is 3.07. The summed E-state index contributed by atoms with van der Waals surface area (Å²) >= 11 is 7.89. The molecule has 1 aromatic rings. The number of fused-ring (bicyclic) bond motifs is 2. The zero-order valence-corrected chi connectivity index (χ0v) is 20.4. The van der Waals surface area contributed by atoms with Crippen LogP contribution in [0.4, 0.5) is 4.39 Å². The molecule has 3 saturated carbocycles. The molecule has 6 atom stereocenters. The second-order valence-corrected chi connectivity index (χ2v) is 12.2. The summed E-state index contributed by atoms with van der Waals surface area (Å²) in [5, 5.41) is 0.456. The van der Waals surface area contributed by atoms with Gasteiger partial charge in [0, 0.05) is 21.6 Å². The van der Waals surface area contributed by atoms with Crippen molar-refractivity contribution in [2.75, 3.05) is 13.7 Å². The van der Waals surface area contributed by atoms with Gasteiger partial charge in [-0.2, -0.15) is 0 Å². The molecule has 3 aliphatic rings. The number of thioether (sulfide) groups is 1. The highest BCUT2D eigenvalue weighted by molar-refractivity contribution is 8.00. The van der Waals surface area contributed by atoms with Crippen LogP contribution < -0.4 is 4.74 Å². The second kappa shape index (κ2) is 9.51. The lowest BCUT2D eigenvalue weighted by Gasteiger charge is -2.47. The van der Waals surface area contributed by atoms with Gasteiger partial charge in [0.05, 0.1) is 24.7 Å². The molecule has 0 heterocycles. The van der Waals surface area contributed by atoms with Gasteiger partial charge in [0.15, 0.2) is 0 Å². The van der Waals surface area contributed by atoms with Gasteiger partial charge < -0.3 is 9.47 Å². The highest BCUT2D eigenvalue weighted by Gasteiger charge is 2.41. The minimum atomic E-state index is -0.334. The quantitative estimate of drug-likeness (QED) is 0.415. The van der Waals surface area contributed by atoms with Crippen LogP contribution in [0.5, 0.6) is 5.75 Å². The predicted molar refractivity (Wildman–Crippen MR) is 123 cm³/mol. The number of esters is 1. The topological polar surface area (TPSA) is 35.5 Å². The monoisotopic (exact) mass is 468 g/mol. The first-order valence-electron chi connectivity index (χ1n) is 11.6. The Balaban J connectivity index is 1.40. The van der Waals surface area contributed by atoms with E-state index in [2.05, 4.69) is 13.8 Å². The first-order valence-corrected chi connectivity index (χ1v) is 12.9. The molecular weight excluding hydrogens is 435 g/mol. The fourth-order valence-electron chi connectivity index (χ4n) is 6.44. The fraction of sp³-hybridized carbons (Fsp3) is 0.720. The first-order chi connectivity index (χ1) is 14.8. The fourth-order valence-corrected chi connectivity index (χ4v) is 8.10. The molecule has 0 radical (unpaired) electrons. The first kappa shape index (κ1) is 23.2. The van der Waals surface area contributed by atoms with Crippen molar-refractivity contribution in [2.45, 2.75) is 75.4 Å². The van der Waals surface area contributed by atoms with Crippen molar-refractivity contribution >= 4 is 29.3 Å². The lowest BCUT2D eigenvalue weighted by atomic mass is 9.60. The molecule has 0 spiro atoms. The summed E-state index contributed by atoms with van der Waals surface area (Å²) in [6.45, 7) is 5.26. The van der Waals surface area contributed by atoms with Gasteiger partial charge in [-0.25, -0.2) is 4.39 Å². The summed E-state index contributed by atoms with van der Waals surface area (Å²) < 4.78 is 25.9. The van der Waals surface area contributed by atoms with Gasteiger partial charge in [-0.05, 0) is 68.8 Å². The minimum absolute atomic E-state index is 0.0211. The molecule has 1 aromatic carbocycles. The zero-order chi connectivity index (χ0) is 22.2. The van der Waals surface area contributed by atoms with E-state index in [1.165, 1.54) is 57.0 Å². The Kier molecular flexibility index (Phi) is 7.12. The van der Waals surface area contributed by atoms with Crippen molar-refractivity contribution in [3.63, 3.8) is 0 Å². The summed E-state index contributed by atoms with van der Waals surface area (Å²) in [4.78, 5) is 12.5. The molecule has 0 aliphatic heterocycles. The number of carbonyl (C=O) groups is 1. The van der Waals surface area contributed by atoms with Gasteiger partial charge in [0.2, 0.25) is 0 Å². The largest absolute Gasteiger partial charge is 0.491 e. The van der Waals surface area contributed by atoms with Crippen LogP contribution in [-0.4, -0.2) is 24.9 Å². The Bertz CT molecular complexity index is 798. The lowest BCUT2D eigenvalue weighted by Crippen LogP contribution is -2.39. The van der Waals surface area contributed by atoms with E-state index in [1.807, 2.05) is 0 Å². The molecule has 4 unspecified atom stereocenters. The number of hydrogen-bond donors (Lipinski definition) is 0. The van der Waals surface area contributed by atoms with Crippen molar-refractivity contribution in [3.05, 3.63) is 23.0 Å². The molecule has 2 bridgehead atoms. The molecule has 0 N–H and O–H groups in total. The third-order valence-corrected chi connectivity index (χ3v) is 9.23. The SMILES string of the molecule is COC(=O)C1CCCC1Sc1cc(Cl)c(OCC2(C)C[C@@H]3CC(C)C[C@@H](C3)C2)cc1F. The summed E-state index contributed by atoms with van der Waals surface area (Å²) in [5.74, 6) is 2.11. The Morgan fingerprint density at radius 1 is 1.23 bits per heavy atom. The van der Waals surface area contributed by atoms with E-state index in [0.717, 1.165) is 37.0 Å². The molecule has 6 heteroatoms. The highest BCUT2D eigenvalue weighted by Crippen LogP contribution is 2.50. The summed E-state index contributed by atoms with van der Waals surface area (Å²) in [6.07, 6.45) is 8.97. The number of ether oxygens (including phenoxy) is 2. The Morgan fingerprint density at radius 2 is 1.94 bits per heavy atom. The van der Waals surface area contributed by atoms with Crippen LogP contribution in [0.3, 0.4) is 0 Å². The summed E-state index contributed by atoms with van der Waals surface area (Å²) in [5.41, 5.74) is 0.124. The van der Waals surface area contributed by atoms with Crippen molar-refractivity contribution in [2.24, 2.45) is 29.1 Å². The van der Waals surface area contributed by atoms with E-state index in [0.29, 0.717) is 22.3 Å². The van der Waals surface area contributed by atoms with Crippen molar-refractivity contribution in [3.8, 4) is 5.75 Å². The summed E-state index contributed by atoms with van der Waals surface area (Å²) in [7, 11) is 1.41. The van der Waals surface area contributed by atoms with Crippen LogP contribution in [0.2, 0.25) is 5.02 Å². The molecule has 0 saturated heterocycles. The standard InChI is InChI=1S/C25H34ClFO3S/c1-15-7-16-9-17(8-15)13-25(2,12-16)14-30-21-11-20(27)23(10-19(21)26)31-22-6-4-5-18(22)24(28)29-3/h10-11,15-18,22H,4-9,12-14H2,1-3H3/t15?,16-,17+,18?,22?,25?. The van der Waals surface area contributed by atoms with E-state index in [4.69, 9.17) is 21.1 Å². The number of benzene rings is 1. The van der Waals surface area contributed by atoms with Gasteiger partial charge in [-0.3, -0.25) is 4.79 Å². The van der Waals surface area contributed by atoms with Gasteiger partial charge in [-0.15, -0.1) is 11.8 Å². The molecule has 0 amide bonds. The second-order valence-electron chi connectivity index (χ2n) is 10.5. The molecule has 3 fully saturated rings. The molecular formula is C25H34ClFO3S. The maximum absolute atomic E-state index is 14.9. The van der Waals surface area contributed by atoms with Gasteiger partial charge in [0.25, 0.3) is 0 Å². The van der Waals surface area contributed by atoms with Gasteiger partial charge >= 0.3 is 5.97 Å². The molecule has 0 aromatic heterocycles. The number of methoxy groups -OCH3 is 1. The maximum atomic E-state index is 14.9. The van der Waals surface area contributed by atoms with E-state index < -0.39 is 0 Å². The number of hydrogen-bond acceptors (Lipinski definition) is 4. The Morgan fingerprint density at radius 3 is 2.61 bits per heavy atom. The molecule has 3 aliphatic carbocycles. The van der Waals surface area contributed by atoms with Crippen molar-refractivity contribution in [1.82, 2.24) is 0 Å². The third-order valence-electron chi connectivity index (χ3n) is 7.50. The van der Waals surface area contributed by atoms with Crippen LogP contribution in [0.1, 0.15) is 65.2 Å². The Labute approximate surface area is 194 Å². The number of rotatable bonds is 6. The van der Waals surface area contributed by atoms with Crippen LogP contribution in [0, 0.1) is 34.9 Å². The maximum Gasteiger partial charge on any atom is 0.309 e. The van der Waals surface area contributed by atoms with E-state index in [1.54, 1.807) is 6.07 Å². The van der Waals surface area contributed by atoms with E-state index >= 15 is 0 Å². The lowest BCUT2D eigenvalue weighted by molar-refractivity contribution is -0.144. The van der Waals surface area contributed by atoms with Gasteiger partial charge in [0.1, 0.15) is 11.6 Å². The molecule has 4 rings (SSSR count). The number of halogens is 2. The predicted octanol–water partition coefficient (Wildman–Crippen LogP) is 7.14. The third kappa shape index (κ3) is 5.35. The highest BCUT2D eigenvalue weighted by atomic mass is 35.5. The van der Waals surface area contributed by atoms with Crippen molar-refractivity contribution in [1.29, 1.82) is 0 Å². The number of carbonyl (C=O) groups excluding carboxylic acids is 1. The smallest absolute Gasteiger partial charge is 0.309 e. The van der Waals surface area contributed by atoms with E-state index in [-0.39, 0.29) is 28.4 Å². The average molecular weight is 469 g/mol. The normalized spacial score (nSPS) is 35.1. The molecule has 31 heavy (non-hydrogen) atoms. The molecule has 3 nitrogen and oxygen atoms in total. The van der Waals surface area contributed by atoms with Crippen LogP contribution in [-0.2, 0) is 9.53 Å². The van der Waals surface area contributed by atoms with Crippen molar-refractivity contribution < 1.29 is 18.7 Å². The zero-order valence-electron chi connectivity index (χ0n) is 18.8. The average Bonchev–Trinajstić information content (AvgIpc) is 3.16. The van der Waals surface area contributed by atoms with Crippen LogP contribution in [0.25, 0.3) is 0 Å². The molecule has 172 valence electrons. The van der Waals surface area contributed by atoms with Crippen LogP contribution >= 0.6 is 23.4 Å². The van der Waals surface area contributed by atoms with E-state index in [9.17, 15) is 9.18 Å². The van der Waals surface area contributed by atoms with Gasteiger partial charge in [-0.1, -0.05) is 31.9 Å².